The number of aromatic nitrogens is 3. The summed E-state index contributed by atoms with van der Waals surface area (Å²) in [6, 6.07) is 8.18. The summed E-state index contributed by atoms with van der Waals surface area (Å²) in [5.41, 5.74) is 3.57. The first kappa shape index (κ1) is 14.8. The van der Waals surface area contributed by atoms with Crippen molar-refractivity contribution in [3.05, 3.63) is 35.7 Å². The molecule has 1 aromatic heterocycles. The quantitative estimate of drug-likeness (QED) is 0.813. The molecule has 0 amide bonds. The third-order valence-electron chi connectivity index (χ3n) is 4.45. The average molecular weight is 298 g/mol. The molecular weight excluding hydrogens is 276 g/mol. The van der Waals surface area contributed by atoms with Gasteiger partial charge in [0.05, 0.1) is 11.4 Å². The van der Waals surface area contributed by atoms with Crippen LogP contribution in [0.5, 0.6) is 0 Å². The standard InChI is InChI=1S/C17H22N4O/c1-20(2)14-8-10-15(11-9-14)21-17(16(12-22)18-19-21)13-6-4-3-5-7-13/h8-13H,3-7H2,1-2H3. The molecule has 1 aromatic carbocycles. The summed E-state index contributed by atoms with van der Waals surface area (Å²) in [7, 11) is 4.03. The molecule has 5 heteroatoms. The Morgan fingerprint density at radius 2 is 1.82 bits per heavy atom. The fourth-order valence-electron chi connectivity index (χ4n) is 3.23. The number of carbonyl (C=O) groups excluding carboxylic acids is 1. The highest BCUT2D eigenvalue weighted by molar-refractivity contribution is 5.74. The lowest BCUT2D eigenvalue weighted by Crippen LogP contribution is -2.13. The maximum Gasteiger partial charge on any atom is 0.172 e. The number of benzene rings is 1. The molecule has 1 aliphatic rings. The Balaban J connectivity index is 1.99. The van der Waals surface area contributed by atoms with Gasteiger partial charge in [0, 0.05) is 25.7 Å². The molecular formula is C17H22N4O. The van der Waals surface area contributed by atoms with E-state index in [2.05, 4.69) is 27.3 Å². The van der Waals surface area contributed by atoms with Crippen LogP contribution in [0.4, 0.5) is 5.69 Å². The van der Waals surface area contributed by atoms with Gasteiger partial charge in [0.2, 0.25) is 0 Å². The zero-order valence-corrected chi connectivity index (χ0v) is 13.2. The van der Waals surface area contributed by atoms with E-state index in [-0.39, 0.29) is 0 Å². The van der Waals surface area contributed by atoms with E-state index < -0.39 is 0 Å². The zero-order valence-electron chi connectivity index (χ0n) is 13.2. The van der Waals surface area contributed by atoms with Crippen LogP contribution in [-0.4, -0.2) is 35.4 Å². The van der Waals surface area contributed by atoms with Gasteiger partial charge < -0.3 is 4.90 Å². The van der Waals surface area contributed by atoms with Gasteiger partial charge in [0.1, 0.15) is 5.69 Å². The maximum absolute atomic E-state index is 11.3. The Bertz CT molecular complexity index is 639. The van der Waals surface area contributed by atoms with Gasteiger partial charge >= 0.3 is 0 Å². The molecule has 0 atom stereocenters. The van der Waals surface area contributed by atoms with Gasteiger partial charge in [0.25, 0.3) is 0 Å². The third kappa shape index (κ3) is 2.75. The first-order valence-corrected chi connectivity index (χ1v) is 7.89. The highest BCUT2D eigenvalue weighted by Crippen LogP contribution is 2.34. The van der Waals surface area contributed by atoms with Gasteiger partial charge in [-0.1, -0.05) is 24.5 Å². The zero-order chi connectivity index (χ0) is 15.5. The molecule has 0 bridgehead atoms. The minimum Gasteiger partial charge on any atom is -0.378 e. The number of hydrogen-bond donors (Lipinski definition) is 0. The van der Waals surface area contributed by atoms with Crippen molar-refractivity contribution in [3.63, 3.8) is 0 Å². The van der Waals surface area contributed by atoms with Crippen molar-refractivity contribution in [3.8, 4) is 5.69 Å². The summed E-state index contributed by atoms with van der Waals surface area (Å²) < 4.78 is 1.85. The molecule has 0 spiro atoms. The summed E-state index contributed by atoms with van der Waals surface area (Å²) in [6.07, 6.45) is 6.78. The normalized spacial score (nSPS) is 15.7. The van der Waals surface area contributed by atoms with Crippen molar-refractivity contribution < 1.29 is 4.79 Å². The van der Waals surface area contributed by atoms with Gasteiger partial charge in [-0.25, -0.2) is 4.68 Å². The van der Waals surface area contributed by atoms with E-state index in [0.717, 1.165) is 36.2 Å². The van der Waals surface area contributed by atoms with E-state index in [0.29, 0.717) is 11.6 Å². The predicted octanol–water partition coefficient (Wildman–Crippen LogP) is 3.19. The lowest BCUT2D eigenvalue weighted by Gasteiger charge is -2.22. The second kappa shape index (κ2) is 6.30. The maximum atomic E-state index is 11.3. The van der Waals surface area contributed by atoms with Crippen LogP contribution in [0, 0.1) is 0 Å². The Kier molecular flexibility index (Phi) is 4.22. The van der Waals surface area contributed by atoms with E-state index >= 15 is 0 Å². The van der Waals surface area contributed by atoms with Crippen LogP contribution in [0.3, 0.4) is 0 Å². The Morgan fingerprint density at radius 3 is 2.41 bits per heavy atom. The Morgan fingerprint density at radius 1 is 1.14 bits per heavy atom. The van der Waals surface area contributed by atoms with Crippen LogP contribution in [0.25, 0.3) is 5.69 Å². The second-order valence-corrected chi connectivity index (χ2v) is 6.14. The van der Waals surface area contributed by atoms with Crippen molar-refractivity contribution in [2.24, 2.45) is 0 Å². The van der Waals surface area contributed by atoms with Crippen LogP contribution >= 0.6 is 0 Å². The highest BCUT2D eigenvalue weighted by atomic mass is 16.1. The minimum absolute atomic E-state index is 0.387. The molecule has 1 aliphatic carbocycles. The SMILES string of the molecule is CN(C)c1ccc(-n2nnc(C=O)c2C2CCCCC2)cc1. The number of nitrogens with zero attached hydrogens (tertiary/aromatic N) is 4. The molecule has 5 nitrogen and oxygen atoms in total. The van der Waals surface area contributed by atoms with Crippen LogP contribution in [0.2, 0.25) is 0 Å². The van der Waals surface area contributed by atoms with Gasteiger partial charge in [-0.05, 0) is 37.1 Å². The molecule has 2 aromatic rings. The fraction of sp³-hybridized carbons (Fsp3) is 0.471. The molecule has 1 heterocycles. The summed E-state index contributed by atoms with van der Waals surface area (Å²) in [5.74, 6) is 0.387. The van der Waals surface area contributed by atoms with Gasteiger partial charge in [0.15, 0.2) is 6.29 Å². The Hall–Kier alpha value is -2.17. The molecule has 3 rings (SSSR count). The van der Waals surface area contributed by atoms with E-state index in [1.807, 2.05) is 30.9 Å². The Labute approximate surface area is 130 Å². The van der Waals surface area contributed by atoms with Crippen molar-refractivity contribution >= 4 is 12.0 Å². The molecule has 0 saturated heterocycles. The van der Waals surface area contributed by atoms with Crippen molar-refractivity contribution in [1.82, 2.24) is 15.0 Å². The molecule has 22 heavy (non-hydrogen) atoms. The second-order valence-electron chi connectivity index (χ2n) is 6.14. The molecule has 0 N–H and O–H groups in total. The lowest BCUT2D eigenvalue weighted by molar-refractivity contribution is 0.111. The van der Waals surface area contributed by atoms with Crippen LogP contribution in [-0.2, 0) is 0 Å². The molecule has 0 unspecified atom stereocenters. The minimum atomic E-state index is 0.387. The number of anilines is 1. The third-order valence-corrected chi connectivity index (χ3v) is 4.45. The van der Waals surface area contributed by atoms with Crippen LogP contribution in [0.1, 0.15) is 54.2 Å². The lowest BCUT2D eigenvalue weighted by atomic mass is 9.86. The molecule has 116 valence electrons. The molecule has 1 fully saturated rings. The number of rotatable bonds is 4. The summed E-state index contributed by atoms with van der Waals surface area (Å²) in [5, 5.41) is 8.31. The monoisotopic (exact) mass is 298 g/mol. The van der Waals surface area contributed by atoms with Crippen LogP contribution < -0.4 is 4.90 Å². The van der Waals surface area contributed by atoms with E-state index in [1.165, 1.54) is 19.3 Å². The largest absolute Gasteiger partial charge is 0.378 e. The van der Waals surface area contributed by atoms with Gasteiger partial charge in [-0.3, -0.25) is 4.79 Å². The number of carbonyl (C=O) groups is 1. The fourth-order valence-corrected chi connectivity index (χ4v) is 3.23. The van der Waals surface area contributed by atoms with Crippen molar-refractivity contribution in [2.45, 2.75) is 38.0 Å². The van der Waals surface area contributed by atoms with Gasteiger partial charge in [-0.15, -0.1) is 5.10 Å². The first-order valence-electron chi connectivity index (χ1n) is 7.89. The molecule has 0 aliphatic heterocycles. The summed E-state index contributed by atoms with van der Waals surface area (Å²) >= 11 is 0. The predicted molar refractivity (Wildman–Crippen MR) is 86.9 cm³/mol. The van der Waals surface area contributed by atoms with E-state index in [1.54, 1.807) is 0 Å². The van der Waals surface area contributed by atoms with Gasteiger partial charge in [-0.2, -0.15) is 0 Å². The van der Waals surface area contributed by atoms with Crippen molar-refractivity contribution in [2.75, 3.05) is 19.0 Å². The smallest absolute Gasteiger partial charge is 0.172 e. The molecule has 0 radical (unpaired) electrons. The first-order chi connectivity index (χ1) is 10.7. The van der Waals surface area contributed by atoms with Crippen molar-refractivity contribution in [1.29, 1.82) is 0 Å². The average Bonchev–Trinajstić information content (AvgIpc) is 2.99. The van der Waals surface area contributed by atoms with E-state index in [4.69, 9.17) is 0 Å². The van der Waals surface area contributed by atoms with Crippen LogP contribution in [0.15, 0.2) is 24.3 Å². The molecule has 1 saturated carbocycles. The summed E-state index contributed by atoms with van der Waals surface area (Å²) in [4.78, 5) is 13.4. The highest BCUT2D eigenvalue weighted by Gasteiger charge is 2.24. The number of hydrogen-bond acceptors (Lipinski definition) is 4. The van der Waals surface area contributed by atoms with E-state index in [9.17, 15) is 4.79 Å². The number of aldehydes is 1. The topological polar surface area (TPSA) is 51.0 Å². The summed E-state index contributed by atoms with van der Waals surface area (Å²) in [6.45, 7) is 0.